The highest BCUT2D eigenvalue weighted by atomic mass is 19.1. The van der Waals surface area contributed by atoms with E-state index in [-0.39, 0.29) is 12.4 Å². The van der Waals surface area contributed by atoms with Gasteiger partial charge in [0.25, 0.3) is 0 Å². The van der Waals surface area contributed by atoms with Crippen LogP contribution in [0.3, 0.4) is 0 Å². The van der Waals surface area contributed by atoms with Gasteiger partial charge in [-0.1, -0.05) is 6.07 Å². The van der Waals surface area contributed by atoms with E-state index in [2.05, 4.69) is 9.97 Å². The third-order valence-corrected chi connectivity index (χ3v) is 2.78. The monoisotopic (exact) mass is 256 g/mol. The van der Waals surface area contributed by atoms with Crippen molar-refractivity contribution in [1.82, 2.24) is 9.97 Å². The first kappa shape index (κ1) is 13.0. The fourth-order valence-corrected chi connectivity index (χ4v) is 1.67. The van der Waals surface area contributed by atoms with Crippen LogP contribution in [0.4, 0.5) is 10.3 Å². The van der Waals surface area contributed by atoms with Crippen LogP contribution < -0.4 is 4.90 Å². The number of anilines is 1. The van der Waals surface area contributed by atoms with Gasteiger partial charge >= 0.3 is 0 Å². The van der Waals surface area contributed by atoms with Crippen LogP contribution in [0.15, 0.2) is 30.6 Å². The van der Waals surface area contributed by atoms with Crippen LogP contribution >= 0.6 is 0 Å². The number of hydrogen-bond acceptors (Lipinski definition) is 4. The molecule has 0 amide bonds. The molecule has 0 N–H and O–H groups in total. The fraction of sp³-hybridized carbons (Fsp3) is 0.214. The SMILES string of the molecule is Cc1cc(-c2cnc(N(C)CC#N)nc2)ccc1F. The van der Waals surface area contributed by atoms with Gasteiger partial charge in [-0.25, -0.2) is 14.4 Å². The molecule has 1 aromatic carbocycles. The van der Waals surface area contributed by atoms with Crippen LogP contribution in [0.25, 0.3) is 11.1 Å². The Balaban J connectivity index is 2.27. The number of aromatic nitrogens is 2. The van der Waals surface area contributed by atoms with E-state index >= 15 is 0 Å². The van der Waals surface area contributed by atoms with Gasteiger partial charge in [0.15, 0.2) is 0 Å². The molecule has 2 rings (SSSR count). The van der Waals surface area contributed by atoms with Gasteiger partial charge in [0.05, 0.1) is 6.07 Å². The van der Waals surface area contributed by atoms with Crippen molar-refractivity contribution in [3.63, 3.8) is 0 Å². The predicted molar refractivity (Wildman–Crippen MR) is 71.0 cm³/mol. The van der Waals surface area contributed by atoms with Gasteiger partial charge in [-0.15, -0.1) is 0 Å². The normalized spacial score (nSPS) is 10.0. The van der Waals surface area contributed by atoms with Crippen molar-refractivity contribution < 1.29 is 4.39 Å². The minimum absolute atomic E-state index is 0.227. The maximum Gasteiger partial charge on any atom is 0.225 e. The third-order valence-electron chi connectivity index (χ3n) is 2.78. The summed E-state index contributed by atoms with van der Waals surface area (Å²) in [5.41, 5.74) is 2.27. The first-order chi connectivity index (χ1) is 9.11. The van der Waals surface area contributed by atoms with Crippen LogP contribution in [0.2, 0.25) is 0 Å². The topological polar surface area (TPSA) is 52.8 Å². The van der Waals surface area contributed by atoms with E-state index in [1.165, 1.54) is 6.07 Å². The van der Waals surface area contributed by atoms with Crippen molar-refractivity contribution in [3.05, 3.63) is 42.0 Å². The summed E-state index contributed by atoms with van der Waals surface area (Å²) in [6, 6.07) is 6.91. The van der Waals surface area contributed by atoms with Gasteiger partial charge < -0.3 is 4.90 Å². The number of benzene rings is 1. The van der Waals surface area contributed by atoms with Crippen LogP contribution in [0.5, 0.6) is 0 Å². The molecule has 5 heteroatoms. The zero-order chi connectivity index (χ0) is 13.8. The summed E-state index contributed by atoms with van der Waals surface area (Å²) in [6.45, 7) is 1.95. The van der Waals surface area contributed by atoms with Crippen LogP contribution in [-0.4, -0.2) is 23.6 Å². The Kier molecular flexibility index (Phi) is 3.71. The minimum Gasteiger partial charge on any atom is -0.331 e. The maximum absolute atomic E-state index is 13.2. The van der Waals surface area contributed by atoms with E-state index in [9.17, 15) is 4.39 Å². The van der Waals surface area contributed by atoms with Crippen LogP contribution in [0, 0.1) is 24.1 Å². The molecule has 19 heavy (non-hydrogen) atoms. The second-order valence-corrected chi connectivity index (χ2v) is 4.25. The molecule has 1 heterocycles. The summed E-state index contributed by atoms with van der Waals surface area (Å²) in [6.07, 6.45) is 3.34. The molecule has 0 fully saturated rings. The van der Waals surface area contributed by atoms with E-state index in [4.69, 9.17) is 5.26 Å². The Morgan fingerprint density at radius 3 is 2.53 bits per heavy atom. The zero-order valence-corrected chi connectivity index (χ0v) is 10.8. The number of aryl methyl sites for hydroxylation is 1. The Morgan fingerprint density at radius 2 is 1.95 bits per heavy atom. The lowest BCUT2D eigenvalue weighted by Gasteiger charge is -2.12. The average Bonchev–Trinajstić information content (AvgIpc) is 2.42. The highest BCUT2D eigenvalue weighted by Crippen LogP contribution is 2.21. The van der Waals surface area contributed by atoms with E-state index in [0.717, 1.165) is 11.1 Å². The maximum atomic E-state index is 13.2. The highest BCUT2D eigenvalue weighted by molar-refractivity contribution is 5.63. The lowest BCUT2D eigenvalue weighted by atomic mass is 10.1. The smallest absolute Gasteiger partial charge is 0.225 e. The first-order valence-corrected chi connectivity index (χ1v) is 5.78. The molecule has 0 bridgehead atoms. The predicted octanol–water partition coefficient (Wildman–Crippen LogP) is 2.55. The molecule has 0 aliphatic carbocycles. The second kappa shape index (κ2) is 5.44. The van der Waals surface area contributed by atoms with Gasteiger partial charge in [-0.05, 0) is 30.2 Å². The molecule has 0 unspecified atom stereocenters. The van der Waals surface area contributed by atoms with Crippen molar-refractivity contribution in [2.24, 2.45) is 0 Å². The quantitative estimate of drug-likeness (QED) is 0.792. The summed E-state index contributed by atoms with van der Waals surface area (Å²) >= 11 is 0. The van der Waals surface area contributed by atoms with Crippen molar-refractivity contribution in [3.8, 4) is 17.2 Å². The second-order valence-electron chi connectivity index (χ2n) is 4.25. The van der Waals surface area contributed by atoms with E-state index in [0.29, 0.717) is 11.5 Å². The Morgan fingerprint density at radius 1 is 1.26 bits per heavy atom. The highest BCUT2D eigenvalue weighted by Gasteiger charge is 2.06. The first-order valence-electron chi connectivity index (χ1n) is 5.78. The van der Waals surface area contributed by atoms with Gasteiger partial charge in [-0.2, -0.15) is 5.26 Å². The molecule has 0 atom stereocenters. The summed E-state index contributed by atoms with van der Waals surface area (Å²) in [5.74, 6) is 0.263. The zero-order valence-electron chi connectivity index (χ0n) is 10.8. The van der Waals surface area contributed by atoms with Gasteiger partial charge in [0.1, 0.15) is 12.4 Å². The summed E-state index contributed by atoms with van der Waals surface area (Å²) < 4.78 is 13.2. The summed E-state index contributed by atoms with van der Waals surface area (Å²) in [4.78, 5) is 10.0. The Hall–Kier alpha value is -2.48. The van der Waals surface area contributed by atoms with Crippen molar-refractivity contribution in [1.29, 1.82) is 5.26 Å². The molecular formula is C14H13FN4. The Labute approximate surface area is 111 Å². The van der Waals surface area contributed by atoms with Crippen LogP contribution in [0.1, 0.15) is 5.56 Å². The van der Waals surface area contributed by atoms with Gasteiger partial charge in [0.2, 0.25) is 5.95 Å². The van der Waals surface area contributed by atoms with Crippen molar-refractivity contribution in [2.45, 2.75) is 6.92 Å². The van der Waals surface area contributed by atoms with Crippen LogP contribution in [-0.2, 0) is 0 Å². The van der Waals surface area contributed by atoms with Gasteiger partial charge in [0, 0.05) is 25.0 Å². The molecule has 0 aliphatic heterocycles. The molecule has 0 radical (unpaired) electrons. The molecule has 1 aromatic heterocycles. The number of nitriles is 1. The number of rotatable bonds is 3. The fourth-order valence-electron chi connectivity index (χ4n) is 1.67. The molecule has 96 valence electrons. The Bertz CT molecular complexity index is 616. The third kappa shape index (κ3) is 2.86. The average molecular weight is 256 g/mol. The molecule has 0 saturated carbocycles. The lowest BCUT2D eigenvalue weighted by Crippen LogP contribution is -2.19. The summed E-state index contributed by atoms with van der Waals surface area (Å²) in [5, 5.41) is 8.60. The van der Waals surface area contributed by atoms with E-state index < -0.39 is 0 Å². The van der Waals surface area contributed by atoms with Crippen molar-refractivity contribution in [2.75, 3.05) is 18.5 Å². The lowest BCUT2D eigenvalue weighted by molar-refractivity contribution is 0.619. The minimum atomic E-state index is -0.227. The molecule has 0 saturated heterocycles. The molecule has 0 spiro atoms. The van der Waals surface area contributed by atoms with Gasteiger partial charge in [-0.3, -0.25) is 0 Å². The van der Waals surface area contributed by atoms with E-state index in [1.807, 2.05) is 6.07 Å². The number of halogens is 1. The summed E-state index contributed by atoms with van der Waals surface area (Å²) in [7, 11) is 1.75. The largest absolute Gasteiger partial charge is 0.331 e. The molecule has 2 aromatic rings. The van der Waals surface area contributed by atoms with E-state index in [1.54, 1.807) is 43.4 Å². The molecule has 0 aliphatic rings. The number of nitrogens with zero attached hydrogens (tertiary/aromatic N) is 4. The number of hydrogen-bond donors (Lipinski definition) is 0. The van der Waals surface area contributed by atoms with Crippen molar-refractivity contribution >= 4 is 5.95 Å². The molecular weight excluding hydrogens is 243 g/mol. The molecule has 4 nitrogen and oxygen atoms in total. The standard InChI is InChI=1S/C14H13FN4/c1-10-7-11(3-4-13(10)15)12-8-17-14(18-9-12)19(2)6-5-16/h3-4,7-9H,6H2,1-2H3.